The number of amides is 1. The van der Waals surface area contributed by atoms with Gasteiger partial charge in [0.2, 0.25) is 0 Å². The Morgan fingerprint density at radius 1 is 1.21 bits per heavy atom. The monoisotopic (exact) mass is 351 g/mol. The van der Waals surface area contributed by atoms with Gasteiger partial charge in [0.15, 0.2) is 12.7 Å². The zero-order valence-electron chi connectivity index (χ0n) is 12.8. The highest BCUT2D eigenvalue weighted by molar-refractivity contribution is 6.30. The predicted octanol–water partition coefficient (Wildman–Crippen LogP) is 3.43. The SMILES string of the molecule is C[C@@H](OC(=O)COc1cccc(Cl)c1)C(=O)Nc1ccccc1F. The van der Waals surface area contributed by atoms with Crippen molar-refractivity contribution in [2.24, 2.45) is 0 Å². The van der Waals surface area contributed by atoms with Crippen LogP contribution in [0.4, 0.5) is 10.1 Å². The van der Waals surface area contributed by atoms with Crippen molar-refractivity contribution in [3.63, 3.8) is 0 Å². The molecule has 0 fully saturated rings. The van der Waals surface area contributed by atoms with Crippen LogP contribution in [0.2, 0.25) is 5.02 Å². The highest BCUT2D eigenvalue weighted by atomic mass is 35.5. The fraction of sp³-hybridized carbons (Fsp3) is 0.176. The molecule has 0 aromatic heterocycles. The van der Waals surface area contributed by atoms with Crippen LogP contribution in [0.25, 0.3) is 0 Å². The number of hydrogen-bond donors (Lipinski definition) is 1. The van der Waals surface area contributed by atoms with E-state index in [1.165, 1.54) is 25.1 Å². The van der Waals surface area contributed by atoms with Gasteiger partial charge < -0.3 is 14.8 Å². The van der Waals surface area contributed by atoms with Crippen LogP contribution in [0.15, 0.2) is 48.5 Å². The molecule has 1 atom stereocenters. The molecular formula is C17H15ClFNO4. The molecule has 2 rings (SSSR count). The molecule has 0 bridgehead atoms. The van der Waals surface area contributed by atoms with Crippen LogP contribution in [0, 0.1) is 5.82 Å². The average molecular weight is 352 g/mol. The molecule has 2 aromatic rings. The molecule has 0 heterocycles. The van der Waals surface area contributed by atoms with Crippen LogP contribution in [-0.4, -0.2) is 24.6 Å². The summed E-state index contributed by atoms with van der Waals surface area (Å²) in [6, 6.07) is 12.2. The first-order chi connectivity index (χ1) is 11.5. The number of nitrogens with one attached hydrogen (secondary N) is 1. The van der Waals surface area contributed by atoms with Gasteiger partial charge in [0, 0.05) is 5.02 Å². The van der Waals surface area contributed by atoms with Crippen molar-refractivity contribution in [1.82, 2.24) is 0 Å². The number of rotatable bonds is 6. The Morgan fingerprint density at radius 2 is 1.96 bits per heavy atom. The number of halogens is 2. The highest BCUT2D eigenvalue weighted by Crippen LogP contribution is 2.17. The first-order valence-corrected chi connectivity index (χ1v) is 7.47. The van der Waals surface area contributed by atoms with E-state index in [2.05, 4.69) is 5.32 Å². The minimum Gasteiger partial charge on any atom is -0.482 e. The van der Waals surface area contributed by atoms with Crippen molar-refractivity contribution < 1.29 is 23.5 Å². The van der Waals surface area contributed by atoms with E-state index < -0.39 is 23.8 Å². The second-order valence-corrected chi connectivity index (χ2v) is 5.28. The smallest absolute Gasteiger partial charge is 0.344 e. The van der Waals surface area contributed by atoms with Gasteiger partial charge in [-0.25, -0.2) is 9.18 Å². The minimum absolute atomic E-state index is 0.0144. The van der Waals surface area contributed by atoms with Crippen LogP contribution in [0.3, 0.4) is 0 Å². The number of esters is 1. The van der Waals surface area contributed by atoms with E-state index in [0.29, 0.717) is 10.8 Å². The Balaban J connectivity index is 1.82. The number of para-hydroxylation sites is 1. The van der Waals surface area contributed by atoms with Gasteiger partial charge in [0.25, 0.3) is 5.91 Å². The predicted molar refractivity (Wildman–Crippen MR) is 87.5 cm³/mol. The van der Waals surface area contributed by atoms with Crippen molar-refractivity contribution in [3.8, 4) is 5.75 Å². The molecule has 0 aliphatic heterocycles. The van der Waals surface area contributed by atoms with E-state index in [1.807, 2.05) is 0 Å². The highest BCUT2D eigenvalue weighted by Gasteiger charge is 2.19. The standard InChI is InChI=1S/C17H15ClFNO4/c1-11(17(22)20-15-8-3-2-7-14(15)19)24-16(21)10-23-13-6-4-5-12(18)9-13/h2-9,11H,10H2,1H3,(H,20,22)/t11-/m1/s1. The first-order valence-electron chi connectivity index (χ1n) is 7.09. The van der Waals surface area contributed by atoms with E-state index >= 15 is 0 Å². The summed E-state index contributed by atoms with van der Waals surface area (Å²) in [6.45, 7) is 1.01. The largest absolute Gasteiger partial charge is 0.482 e. The molecule has 24 heavy (non-hydrogen) atoms. The van der Waals surface area contributed by atoms with E-state index in [1.54, 1.807) is 30.3 Å². The Labute approximate surface area is 143 Å². The van der Waals surface area contributed by atoms with Crippen LogP contribution in [0.5, 0.6) is 5.75 Å². The van der Waals surface area contributed by atoms with E-state index in [9.17, 15) is 14.0 Å². The Kier molecular flexibility index (Phi) is 6.14. The summed E-state index contributed by atoms with van der Waals surface area (Å²) in [5.74, 6) is -1.54. The molecular weight excluding hydrogens is 337 g/mol. The molecule has 7 heteroatoms. The summed E-state index contributed by atoms with van der Waals surface area (Å²) < 4.78 is 23.6. The summed E-state index contributed by atoms with van der Waals surface area (Å²) in [5.41, 5.74) is 0.0144. The summed E-state index contributed by atoms with van der Waals surface area (Å²) >= 11 is 5.80. The normalized spacial score (nSPS) is 11.5. The van der Waals surface area contributed by atoms with Crippen molar-refractivity contribution in [3.05, 3.63) is 59.4 Å². The summed E-state index contributed by atoms with van der Waals surface area (Å²) in [7, 11) is 0. The van der Waals surface area contributed by atoms with Gasteiger partial charge in [-0.1, -0.05) is 29.8 Å². The fourth-order valence-electron chi connectivity index (χ4n) is 1.78. The number of benzene rings is 2. The van der Waals surface area contributed by atoms with Gasteiger partial charge in [-0.05, 0) is 37.3 Å². The Hall–Kier alpha value is -2.60. The Morgan fingerprint density at radius 3 is 2.67 bits per heavy atom. The van der Waals surface area contributed by atoms with Crippen LogP contribution >= 0.6 is 11.6 Å². The summed E-state index contributed by atoms with van der Waals surface area (Å²) in [6.07, 6.45) is -1.10. The number of hydrogen-bond acceptors (Lipinski definition) is 4. The molecule has 0 saturated carbocycles. The Bertz CT molecular complexity index is 738. The van der Waals surface area contributed by atoms with Crippen molar-refractivity contribution in [1.29, 1.82) is 0 Å². The number of anilines is 1. The quantitative estimate of drug-likeness (QED) is 0.810. The zero-order chi connectivity index (χ0) is 17.5. The summed E-state index contributed by atoms with van der Waals surface area (Å²) in [5, 5.41) is 2.82. The lowest BCUT2D eigenvalue weighted by Gasteiger charge is -2.14. The number of carbonyl (C=O) groups is 2. The van der Waals surface area contributed by atoms with Gasteiger partial charge >= 0.3 is 5.97 Å². The van der Waals surface area contributed by atoms with Gasteiger partial charge in [-0.2, -0.15) is 0 Å². The van der Waals surface area contributed by atoms with Gasteiger partial charge in [0.1, 0.15) is 11.6 Å². The van der Waals surface area contributed by atoms with Gasteiger partial charge in [-0.15, -0.1) is 0 Å². The molecule has 0 spiro atoms. The van der Waals surface area contributed by atoms with Crippen LogP contribution in [-0.2, 0) is 14.3 Å². The summed E-state index contributed by atoms with van der Waals surface area (Å²) in [4.78, 5) is 23.6. The third-order valence-corrected chi connectivity index (χ3v) is 3.20. The molecule has 5 nitrogen and oxygen atoms in total. The number of ether oxygens (including phenoxy) is 2. The van der Waals surface area contributed by atoms with Crippen LogP contribution < -0.4 is 10.1 Å². The maximum atomic E-state index is 13.5. The topological polar surface area (TPSA) is 64.6 Å². The second kappa shape index (κ2) is 8.31. The average Bonchev–Trinajstić information content (AvgIpc) is 2.55. The third-order valence-electron chi connectivity index (χ3n) is 2.96. The van der Waals surface area contributed by atoms with Crippen LogP contribution in [0.1, 0.15) is 6.92 Å². The molecule has 1 N–H and O–H groups in total. The van der Waals surface area contributed by atoms with Gasteiger partial charge in [0.05, 0.1) is 5.69 Å². The molecule has 0 unspecified atom stereocenters. The lowest BCUT2D eigenvalue weighted by molar-refractivity contribution is -0.155. The fourth-order valence-corrected chi connectivity index (χ4v) is 1.96. The minimum atomic E-state index is -1.10. The van der Waals surface area contributed by atoms with E-state index in [4.69, 9.17) is 21.1 Å². The molecule has 0 aliphatic carbocycles. The molecule has 2 aromatic carbocycles. The first kappa shape index (κ1) is 17.7. The lowest BCUT2D eigenvalue weighted by atomic mass is 10.3. The third kappa shape index (κ3) is 5.24. The molecule has 1 amide bonds. The number of carbonyl (C=O) groups excluding carboxylic acids is 2. The molecule has 0 saturated heterocycles. The molecule has 0 radical (unpaired) electrons. The molecule has 126 valence electrons. The van der Waals surface area contributed by atoms with Crippen molar-refractivity contribution in [2.75, 3.05) is 11.9 Å². The van der Waals surface area contributed by atoms with E-state index in [0.717, 1.165) is 0 Å². The van der Waals surface area contributed by atoms with Crippen molar-refractivity contribution >= 4 is 29.2 Å². The second-order valence-electron chi connectivity index (χ2n) is 4.85. The molecule has 0 aliphatic rings. The van der Waals surface area contributed by atoms with Crippen molar-refractivity contribution in [2.45, 2.75) is 13.0 Å². The maximum Gasteiger partial charge on any atom is 0.344 e. The van der Waals surface area contributed by atoms with Gasteiger partial charge in [-0.3, -0.25) is 4.79 Å². The van der Waals surface area contributed by atoms with E-state index in [-0.39, 0.29) is 12.3 Å². The lowest BCUT2D eigenvalue weighted by Crippen LogP contribution is -2.31. The maximum absolute atomic E-state index is 13.5. The zero-order valence-corrected chi connectivity index (χ0v) is 13.5.